The summed E-state index contributed by atoms with van der Waals surface area (Å²) in [7, 11) is 0. The molecule has 0 atom stereocenters. The lowest BCUT2D eigenvalue weighted by Gasteiger charge is -2.19. The highest BCUT2D eigenvalue weighted by atomic mass is 35.5. The standard InChI is InChI=1S/C19H20ClN3O/c1-19(2,3)13-6-4-12(5-7-13)15(10-21)17(24)16-11-23(14-8-9-14)22-18(16)20/h4-7,11,14,24H,8-9H2,1-3H3. The first-order chi connectivity index (χ1) is 11.3. The molecule has 1 aliphatic carbocycles. The summed E-state index contributed by atoms with van der Waals surface area (Å²) in [4.78, 5) is 0. The van der Waals surface area contributed by atoms with E-state index >= 15 is 0 Å². The topological polar surface area (TPSA) is 61.8 Å². The van der Waals surface area contributed by atoms with Gasteiger partial charge in [-0.3, -0.25) is 4.68 Å². The molecule has 0 aliphatic heterocycles. The maximum absolute atomic E-state index is 10.6. The Morgan fingerprint density at radius 2 is 1.92 bits per heavy atom. The molecule has 3 rings (SSSR count). The fourth-order valence-corrected chi connectivity index (χ4v) is 2.81. The zero-order valence-electron chi connectivity index (χ0n) is 14.0. The van der Waals surface area contributed by atoms with Crippen molar-refractivity contribution >= 4 is 22.9 Å². The smallest absolute Gasteiger partial charge is 0.162 e. The molecule has 1 aliphatic rings. The van der Waals surface area contributed by atoms with Crippen LogP contribution in [-0.4, -0.2) is 14.9 Å². The van der Waals surface area contributed by atoms with E-state index in [0.717, 1.165) is 12.8 Å². The Labute approximate surface area is 147 Å². The van der Waals surface area contributed by atoms with Gasteiger partial charge in [-0.15, -0.1) is 0 Å². The molecule has 0 saturated heterocycles. The van der Waals surface area contributed by atoms with E-state index in [4.69, 9.17) is 11.6 Å². The Hall–Kier alpha value is -2.25. The molecule has 4 nitrogen and oxygen atoms in total. The molecule has 5 heteroatoms. The fourth-order valence-electron chi connectivity index (χ4n) is 2.58. The zero-order valence-corrected chi connectivity index (χ0v) is 14.8. The van der Waals surface area contributed by atoms with Crippen LogP contribution in [0.3, 0.4) is 0 Å². The molecule has 124 valence electrons. The molecule has 0 spiro atoms. The lowest BCUT2D eigenvalue weighted by atomic mass is 9.86. The van der Waals surface area contributed by atoms with Crippen molar-refractivity contribution in [3.63, 3.8) is 0 Å². The molecule has 1 fully saturated rings. The van der Waals surface area contributed by atoms with Crippen LogP contribution in [0.25, 0.3) is 11.3 Å². The van der Waals surface area contributed by atoms with Gasteiger partial charge in [-0.2, -0.15) is 10.4 Å². The Morgan fingerprint density at radius 1 is 1.29 bits per heavy atom. The zero-order chi connectivity index (χ0) is 17.5. The monoisotopic (exact) mass is 341 g/mol. The van der Waals surface area contributed by atoms with Crippen LogP contribution in [0.4, 0.5) is 0 Å². The summed E-state index contributed by atoms with van der Waals surface area (Å²) in [5, 5.41) is 24.5. The quantitative estimate of drug-likeness (QED) is 0.622. The van der Waals surface area contributed by atoms with Gasteiger partial charge in [-0.25, -0.2) is 0 Å². The van der Waals surface area contributed by atoms with Gasteiger partial charge in [0.25, 0.3) is 0 Å². The number of allylic oxidation sites excluding steroid dienone is 1. The molecule has 1 N–H and O–H groups in total. The molecule has 0 unspecified atom stereocenters. The van der Waals surface area contributed by atoms with Crippen LogP contribution < -0.4 is 0 Å². The third-order valence-electron chi connectivity index (χ3n) is 4.25. The number of nitrogens with zero attached hydrogens (tertiary/aromatic N) is 3. The van der Waals surface area contributed by atoms with Crippen LogP contribution >= 0.6 is 11.6 Å². The van der Waals surface area contributed by atoms with E-state index in [9.17, 15) is 10.4 Å². The van der Waals surface area contributed by atoms with Crippen LogP contribution in [0.5, 0.6) is 0 Å². The number of aliphatic hydroxyl groups excluding tert-OH is 1. The van der Waals surface area contributed by atoms with E-state index in [-0.39, 0.29) is 21.9 Å². The second-order valence-electron chi connectivity index (χ2n) is 7.21. The van der Waals surface area contributed by atoms with Crippen molar-refractivity contribution in [3.8, 4) is 6.07 Å². The van der Waals surface area contributed by atoms with Gasteiger partial charge >= 0.3 is 0 Å². The Kier molecular flexibility index (Phi) is 4.15. The first-order valence-electron chi connectivity index (χ1n) is 8.00. The molecule has 0 bridgehead atoms. The van der Waals surface area contributed by atoms with Crippen molar-refractivity contribution in [2.45, 2.75) is 45.1 Å². The van der Waals surface area contributed by atoms with E-state index in [1.54, 1.807) is 10.9 Å². The minimum atomic E-state index is -0.127. The average Bonchev–Trinajstić information content (AvgIpc) is 3.30. The molecule has 0 amide bonds. The molecule has 1 heterocycles. The third-order valence-corrected chi connectivity index (χ3v) is 4.53. The summed E-state index contributed by atoms with van der Waals surface area (Å²) in [6.07, 6.45) is 3.86. The van der Waals surface area contributed by atoms with Crippen molar-refractivity contribution in [3.05, 3.63) is 52.3 Å². The van der Waals surface area contributed by atoms with Gasteiger partial charge < -0.3 is 5.11 Å². The Bertz CT molecular complexity index is 831. The Morgan fingerprint density at radius 3 is 2.42 bits per heavy atom. The molecule has 1 saturated carbocycles. The second-order valence-corrected chi connectivity index (χ2v) is 7.57. The van der Waals surface area contributed by atoms with Crippen molar-refractivity contribution in [2.75, 3.05) is 0 Å². The van der Waals surface area contributed by atoms with E-state index in [2.05, 4.69) is 31.9 Å². The van der Waals surface area contributed by atoms with E-state index < -0.39 is 0 Å². The molecular weight excluding hydrogens is 322 g/mol. The summed E-state index contributed by atoms with van der Waals surface area (Å²) < 4.78 is 1.77. The van der Waals surface area contributed by atoms with Gasteiger partial charge in [-0.1, -0.05) is 56.6 Å². The SMILES string of the molecule is CC(C)(C)c1ccc(C(C#N)=C(O)c2cn(C3CC3)nc2Cl)cc1. The molecular formula is C19H20ClN3O. The van der Waals surface area contributed by atoms with Gasteiger partial charge in [0.15, 0.2) is 5.15 Å². The second kappa shape index (κ2) is 5.99. The van der Waals surface area contributed by atoms with Gasteiger partial charge in [0.2, 0.25) is 0 Å². The lowest BCUT2D eigenvalue weighted by Crippen LogP contribution is -2.10. The van der Waals surface area contributed by atoms with Gasteiger partial charge in [0.1, 0.15) is 17.4 Å². The molecule has 24 heavy (non-hydrogen) atoms. The normalized spacial score (nSPS) is 15.8. The number of aliphatic hydroxyl groups is 1. The largest absolute Gasteiger partial charge is 0.506 e. The number of rotatable bonds is 3. The van der Waals surface area contributed by atoms with E-state index in [0.29, 0.717) is 17.2 Å². The summed E-state index contributed by atoms with van der Waals surface area (Å²) in [6.45, 7) is 6.39. The molecule has 0 radical (unpaired) electrons. The van der Waals surface area contributed by atoms with Gasteiger partial charge in [0.05, 0.1) is 11.6 Å². The predicted octanol–water partition coefficient (Wildman–Crippen LogP) is 5.12. The maximum Gasteiger partial charge on any atom is 0.162 e. The van der Waals surface area contributed by atoms with Crippen LogP contribution in [0.15, 0.2) is 30.5 Å². The van der Waals surface area contributed by atoms with Crippen LogP contribution in [-0.2, 0) is 5.41 Å². The highest BCUT2D eigenvalue weighted by Crippen LogP contribution is 2.37. The van der Waals surface area contributed by atoms with Crippen LogP contribution in [0, 0.1) is 11.3 Å². The number of nitriles is 1. The average molecular weight is 342 g/mol. The summed E-state index contributed by atoms with van der Waals surface area (Å²) in [5.74, 6) is -0.127. The third kappa shape index (κ3) is 3.18. The predicted molar refractivity (Wildman–Crippen MR) is 95.7 cm³/mol. The molecule has 1 aromatic heterocycles. The number of aromatic nitrogens is 2. The van der Waals surface area contributed by atoms with E-state index in [1.165, 1.54) is 5.56 Å². The highest BCUT2D eigenvalue weighted by Gasteiger charge is 2.27. The first-order valence-corrected chi connectivity index (χ1v) is 8.38. The number of benzene rings is 1. The summed E-state index contributed by atoms with van der Waals surface area (Å²) in [6, 6.07) is 10.1. The fraction of sp³-hybridized carbons (Fsp3) is 0.368. The van der Waals surface area contributed by atoms with Gasteiger partial charge in [-0.05, 0) is 29.4 Å². The van der Waals surface area contributed by atoms with Crippen molar-refractivity contribution in [1.29, 1.82) is 5.26 Å². The minimum absolute atomic E-state index is 0.0335. The first kappa shape index (κ1) is 16.6. The van der Waals surface area contributed by atoms with Crippen molar-refractivity contribution in [1.82, 2.24) is 9.78 Å². The van der Waals surface area contributed by atoms with E-state index in [1.807, 2.05) is 24.3 Å². The molecule has 1 aromatic carbocycles. The van der Waals surface area contributed by atoms with Crippen LogP contribution in [0.2, 0.25) is 5.15 Å². The van der Waals surface area contributed by atoms with Crippen LogP contribution in [0.1, 0.15) is 56.3 Å². The number of halogens is 1. The number of hydrogen-bond acceptors (Lipinski definition) is 3. The lowest BCUT2D eigenvalue weighted by molar-refractivity contribution is 0.514. The highest BCUT2D eigenvalue weighted by molar-refractivity contribution is 6.31. The van der Waals surface area contributed by atoms with Gasteiger partial charge in [0, 0.05) is 6.20 Å². The maximum atomic E-state index is 10.6. The summed E-state index contributed by atoms with van der Waals surface area (Å²) in [5.41, 5.74) is 2.47. The number of hydrogen-bond donors (Lipinski definition) is 1. The minimum Gasteiger partial charge on any atom is -0.506 e. The molecule has 2 aromatic rings. The van der Waals surface area contributed by atoms with Crippen molar-refractivity contribution in [2.24, 2.45) is 0 Å². The summed E-state index contributed by atoms with van der Waals surface area (Å²) >= 11 is 6.15. The van der Waals surface area contributed by atoms with Crippen molar-refractivity contribution < 1.29 is 5.11 Å². The Balaban J connectivity index is 2.00.